The van der Waals surface area contributed by atoms with Crippen LogP contribution in [0.25, 0.3) is 0 Å². The Hall–Kier alpha value is 0.140. The first kappa shape index (κ1) is 10.1. The van der Waals surface area contributed by atoms with E-state index < -0.39 is 3.17 Å². The summed E-state index contributed by atoms with van der Waals surface area (Å²) in [6.45, 7) is 3.49. The Bertz CT molecular complexity index is 144. The first-order valence-corrected chi connectivity index (χ1v) is 4.42. The van der Waals surface area contributed by atoms with Crippen LogP contribution in [0.5, 0.6) is 0 Å². The number of esters is 1. The second-order valence-electron chi connectivity index (χ2n) is 2.08. The van der Waals surface area contributed by atoms with Crippen LogP contribution in [0.2, 0.25) is 3.17 Å². The van der Waals surface area contributed by atoms with Crippen LogP contribution in [0.3, 0.4) is 0 Å². The van der Waals surface area contributed by atoms with Gasteiger partial charge in [0.25, 0.3) is 0 Å². The zero-order valence-electron chi connectivity index (χ0n) is 6.51. The monoisotopic (exact) mass is 152 g/mol. The summed E-state index contributed by atoms with van der Waals surface area (Å²) in [6.07, 6.45) is 0. The molecule has 0 amide bonds. The molecule has 0 bridgehead atoms. The Balaban J connectivity index is 3.82. The van der Waals surface area contributed by atoms with Crippen molar-refractivity contribution in [3.63, 3.8) is 0 Å². The summed E-state index contributed by atoms with van der Waals surface area (Å²) in [7, 11) is 0. The number of hydrogen-bond acceptors (Lipinski definition) is 3. The molecule has 0 saturated carbocycles. The van der Waals surface area contributed by atoms with Crippen molar-refractivity contribution >= 4 is 39.7 Å². The van der Waals surface area contributed by atoms with Crippen molar-refractivity contribution in [3.05, 3.63) is 0 Å². The molecule has 0 N–H and O–H groups in total. The van der Waals surface area contributed by atoms with E-state index in [4.69, 9.17) is 0 Å². The van der Waals surface area contributed by atoms with Crippen LogP contribution in [0.1, 0.15) is 13.8 Å². The molecule has 1 unspecified atom stereocenters. The van der Waals surface area contributed by atoms with Crippen LogP contribution in [0.4, 0.5) is 0 Å². The molecule has 0 rings (SSSR count). The van der Waals surface area contributed by atoms with E-state index in [1.165, 1.54) is 6.92 Å². The van der Waals surface area contributed by atoms with Crippen LogP contribution in [0.15, 0.2) is 0 Å². The summed E-state index contributed by atoms with van der Waals surface area (Å²) in [4.78, 5) is 21.4. The third-order valence-electron chi connectivity index (χ3n) is 1.25. The second kappa shape index (κ2) is 4.88. The van der Waals surface area contributed by atoms with E-state index in [9.17, 15) is 9.59 Å². The minimum absolute atomic E-state index is 0.0925. The fraction of sp³-hybridized carbons (Fsp3) is 0.667. The zero-order chi connectivity index (χ0) is 8.15. The molecule has 52 valence electrons. The average molecular weight is 152 g/mol. The summed E-state index contributed by atoms with van der Waals surface area (Å²) in [5, 5.41) is 0. The first-order valence-electron chi connectivity index (χ1n) is 3.26. The Morgan fingerprint density at radius 1 is 1.60 bits per heavy atom. The van der Waals surface area contributed by atoms with E-state index in [0.29, 0.717) is 34.5 Å². The van der Waals surface area contributed by atoms with Crippen LogP contribution >= 0.6 is 0 Å². The molecule has 0 aliphatic heterocycles. The number of rotatable bonds is 3. The van der Waals surface area contributed by atoms with Gasteiger partial charge < -0.3 is 0 Å². The summed E-state index contributed by atoms with van der Waals surface area (Å²) in [6, 6.07) is 0. The molecule has 0 heterocycles. The second-order valence-corrected chi connectivity index (χ2v) is 3.24. The van der Waals surface area contributed by atoms with Crippen LogP contribution in [-0.4, -0.2) is 46.3 Å². The van der Waals surface area contributed by atoms with Crippen molar-refractivity contribution in [2.75, 3.05) is 6.61 Å². The van der Waals surface area contributed by atoms with Gasteiger partial charge in [0.05, 0.1) is 0 Å². The molecule has 3 nitrogen and oxygen atoms in total. The average Bonchev–Trinajstić information content (AvgIpc) is 1.87. The molecule has 0 aromatic heterocycles. The Kier molecular flexibility index (Phi) is 4.95. The summed E-state index contributed by atoms with van der Waals surface area (Å²) in [5.41, 5.74) is 0. The van der Waals surface area contributed by atoms with E-state index in [0.717, 1.165) is 0 Å². The molecule has 0 aromatic rings. The van der Waals surface area contributed by atoms with E-state index in [1.807, 2.05) is 0 Å². The van der Waals surface area contributed by atoms with E-state index in [-0.39, 0.29) is 11.8 Å². The van der Waals surface area contributed by atoms with Gasteiger partial charge in [-0.2, -0.15) is 0 Å². The van der Waals surface area contributed by atoms with Crippen molar-refractivity contribution in [1.82, 2.24) is 0 Å². The van der Waals surface area contributed by atoms with Crippen molar-refractivity contribution in [3.8, 4) is 0 Å². The van der Waals surface area contributed by atoms with E-state index in [1.54, 1.807) is 6.92 Å². The molecule has 1 atom stereocenters. The number of ketones is 1. The molecule has 0 aliphatic carbocycles. The van der Waals surface area contributed by atoms with Crippen LogP contribution in [0, 0.1) is 0 Å². The molecule has 0 spiro atoms. The quantitative estimate of drug-likeness (QED) is 0.327. The number of carbonyl (C=O) groups is 2. The minimum atomic E-state index is -0.472. The van der Waals surface area contributed by atoms with E-state index >= 15 is 0 Å². The fourth-order valence-electron chi connectivity index (χ4n) is 0.433. The number of Topliss-reactive ketones (excluding diaryl/α,β-unsaturated/α-hetero) is 1. The molecule has 0 aromatic carbocycles. The summed E-state index contributed by atoms with van der Waals surface area (Å²) in [5.74, 6) is -0.466. The van der Waals surface area contributed by atoms with Crippen LogP contribution < -0.4 is 0 Å². The molecule has 0 aliphatic rings. The summed E-state index contributed by atoms with van der Waals surface area (Å²) >= 11 is 0.548. The number of hydrogen-bond donors (Lipinski definition) is 0. The molecule has 0 saturated heterocycles. The Morgan fingerprint density at radius 3 is 2.40 bits per heavy atom. The maximum atomic E-state index is 10.8. The molecular weight excluding hydrogens is 143 g/mol. The molecule has 4 heteroatoms. The van der Waals surface area contributed by atoms with Crippen molar-refractivity contribution < 1.29 is 14.3 Å². The maximum absolute atomic E-state index is 10.8. The van der Waals surface area contributed by atoms with Crippen molar-refractivity contribution in [1.29, 1.82) is 0 Å². The van der Waals surface area contributed by atoms with Crippen molar-refractivity contribution in [2.45, 2.75) is 17.0 Å². The van der Waals surface area contributed by atoms with Gasteiger partial charge in [-0.3, -0.25) is 0 Å². The Labute approximate surface area is 77.5 Å². The van der Waals surface area contributed by atoms with Gasteiger partial charge in [-0.05, 0) is 0 Å². The topological polar surface area (TPSA) is 43.4 Å². The molecular formula is C6H9NaO3. The van der Waals surface area contributed by atoms with Gasteiger partial charge in [0.1, 0.15) is 0 Å². The van der Waals surface area contributed by atoms with Gasteiger partial charge in [0.2, 0.25) is 0 Å². The summed E-state index contributed by atoms with van der Waals surface area (Å²) < 4.78 is 4.17. The van der Waals surface area contributed by atoms with Gasteiger partial charge in [0, 0.05) is 0 Å². The van der Waals surface area contributed by atoms with Crippen LogP contribution in [-0.2, 0) is 14.3 Å². The number of carbonyl (C=O) groups excluding carboxylic acids is 2. The predicted molar refractivity (Wildman–Crippen MR) is 36.8 cm³/mol. The third-order valence-corrected chi connectivity index (χ3v) is 2.53. The predicted octanol–water partition coefficient (Wildman–Crippen LogP) is 0.0955. The van der Waals surface area contributed by atoms with Gasteiger partial charge in [0.15, 0.2) is 0 Å². The van der Waals surface area contributed by atoms with E-state index in [2.05, 4.69) is 4.74 Å². The Morgan fingerprint density at radius 2 is 2.10 bits per heavy atom. The zero-order valence-corrected chi connectivity index (χ0v) is 8.51. The standard InChI is InChI=1S/C6H9O3.Na/c1-3-9-6(8)4-5(2)7;/h4H,3H2,1-2H3;. The van der Waals surface area contributed by atoms with Gasteiger partial charge in [-0.25, -0.2) is 0 Å². The number of ether oxygens (including phenoxy) is 1. The van der Waals surface area contributed by atoms with Gasteiger partial charge in [-0.15, -0.1) is 0 Å². The fourth-order valence-corrected chi connectivity index (χ4v) is 0.600. The van der Waals surface area contributed by atoms with Gasteiger partial charge in [-0.1, -0.05) is 0 Å². The van der Waals surface area contributed by atoms with Crippen molar-refractivity contribution in [2.24, 2.45) is 0 Å². The van der Waals surface area contributed by atoms with Gasteiger partial charge >= 0.3 is 77.6 Å². The third kappa shape index (κ3) is 3.34. The first-order chi connectivity index (χ1) is 4.59. The molecule has 10 heavy (non-hydrogen) atoms. The SMILES string of the molecule is CCOC(=O)[CH]([Na])C(C)=O. The molecule has 0 fully saturated rings. The molecule has 0 radical (unpaired) electrons. The normalized spacial score (nSPS) is 12.4.